The molecule has 0 aromatic carbocycles. The number of allylic oxidation sites excluding steroid dienone is 2. The second-order valence-electron chi connectivity index (χ2n) is 3.02. The van der Waals surface area contributed by atoms with Crippen molar-refractivity contribution < 1.29 is 0 Å². The van der Waals surface area contributed by atoms with Crippen molar-refractivity contribution in [3.8, 4) is 0 Å². The molecule has 2 N–H and O–H groups in total. The Labute approximate surface area is 65.9 Å². The van der Waals surface area contributed by atoms with Gasteiger partial charge in [-0.1, -0.05) is 11.6 Å². The normalized spacial score (nSPS) is 28.2. The molecule has 1 atom stereocenters. The highest BCUT2D eigenvalue weighted by Crippen LogP contribution is 2.25. The summed E-state index contributed by atoms with van der Waals surface area (Å²) in [6.07, 6.45) is 6.82. The lowest BCUT2D eigenvalue weighted by atomic mass is 10.00. The summed E-state index contributed by atoms with van der Waals surface area (Å²) in [6, 6.07) is 0.292. The smallest absolute Gasteiger partial charge is 0.106 e. The SMILES string of the molecule is CC1=CC=C2N=CN(N)C2C1. The van der Waals surface area contributed by atoms with E-state index in [1.54, 1.807) is 11.3 Å². The van der Waals surface area contributed by atoms with E-state index in [2.05, 4.69) is 18.0 Å². The number of hydrazine groups is 1. The Morgan fingerprint density at radius 2 is 2.45 bits per heavy atom. The van der Waals surface area contributed by atoms with Crippen LogP contribution in [0, 0.1) is 0 Å². The Hall–Kier alpha value is -1.09. The van der Waals surface area contributed by atoms with Crippen LogP contribution in [0.3, 0.4) is 0 Å². The molecule has 0 aromatic rings. The summed E-state index contributed by atoms with van der Waals surface area (Å²) in [5.41, 5.74) is 2.44. The first-order valence-corrected chi connectivity index (χ1v) is 3.72. The lowest BCUT2D eigenvalue weighted by molar-refractivity contribution is 0.382. The number of rotatable bonds is 0. The summed E-state index contributed by atoms with van der Waals surface area (Å²) in [5.74, 6) is 5.67. The number of aliphatic imine (C=N–C) groups is 1. The molecule has 3 heteroatoms. The van der Waals surface area contributed by atoms with Crippen molar-refractivity contribution in [1.82, 2.24) is 5.01 Å². The van der Waals surface area contributed by atoms with Gasteiger partial charge in [0.1, 0.15) is 6.34 Å². The van der Waals surface area contributed by atoms with Crippen LogP contribution < -0.4 is 5.84 Å². The van der Waals surface area contributed by atoms with Gasteiger partial charge in [-0.05, 0) is 19.4 Å². The van der Waals surface area contributed by atoms with Crippen LogP contribution in [0.1, 0.15) is 13.3 Å². The average Bonchev–Trinajstić information content (AvgIpc) is 2.33. The van der Waals surface area contributed by atoms with Crippen molar-refractivity contribution in [3.63, 3.8) is 0 Å². The van der Waals surface area contributed by atoms with E-state index >= 15 is 0 Å². The number of fused-ring (bicyclic) bond motifs is 1. The first-order valence-electron chi connectivity index (χ1n) is 3.72. The minimum absolute atomic E-state index is 0.292. The Morgan fingerprint density at radius 3 is 3.27 bits per heavy atom. The van der Waals surface area contributed by atoms with Crippen molar-refractivity contribution in [3.05, 3.63) is 23.4 Å². The molecular formula is C8H11N3. The van der Waals surface area contributed by atoms with Gasteiger partial charge in [0, 0.05) is 0 Å². The van der Waals surface area contributed by atoms with Crippen LogP contribution in [0.4, 0.5) is 0 Å². The van der Waals surface area contributed by atoms with Gasteiger partial charge in [-0.2, -0.15) is 0 Å². The van der Waals surface area contributed by atoms with Gasteiger partial charge in [0.25, 0.3) is 0 Å². The third-order valence-corrected chi connectivity index (χ3v) is 2.10. The number of hydrogen-bond acceptors (Lipinski definition) is 3. The maximum atomic E-state index is 5.67. The first-order chi connectivity index (χ1) is 5.27. The topological polar surface area (TPSA) is 41.6 Å². The third-order valence-electron chi connectivity index (χ3n) is 2.10. The van der Waals surface area contributed by atoms with E-state index in [1.165, 1.54) is 5.57 Å². The highest BCUT2D eigenvalue weighted by atomic mass is 15.5. The van der Waals surface area contributed by atoms with Crippen LogP contribution in [-0.2, 0) is 0 Å². The second-order valence-corrected chi connectivity index (χ2v) is 3.02. The van der Waals surface area contributed by atoms with Gasteiger partial charge in [-0.25, -0.2) is 10.8 Å². The van der Waals surface area contributed by atoms with Crippen molar-refractivity contribution in [1.29, 1.82) is 0 Å². The van der Waals surface area contributed by atoms with E-state index in [-0.39, 0.29) is 0 Å². The molecule has 1 unspecified atom stereocenters. The van der Waals surface area contributed by atoms with E-state index in [0.29, 0.717) is 6.04 Å². The van der Waals surface area contributed by atoms with Crippen LogP contribution in [0.15, 0.2) is 28.4 Å². The Morgan fingerprint density at radius 1 is 1.64 bits per heavy atom. The number of hydrogen-bond donors (Lipinski definition) is 1. The van der Waals surface area contributed by atoms with Crippen molar-refractivity contribution in [2.45, 2.75) is 19.4 Å². The summed E-state index contributed by atoms with van der Waals surface area (Å²) in [4.78, 5) is 4.17. The average molecular weight is 149 g/mol. The summed E-state index contributed by atoms with van der Waals surface area (Å²) in [6.45, 7) is 2.11. The Kier molecular flexibility index (Phi) is 1.32. The van der Waals surface area contributed by atoms with Gasteiger partial charge in [0.2, 0.25) is 0 Å². The van der Waals surface area contributed by atoms with Crippen LogP contribution in [0.25, 0.3) is 0 Å². The monoisotopic (exact) mass is 149 g/mol. The quantitative estimate of drug-likeness (QED) is 0.518. The van der Waals surface area contributed by atoms with Crippen LogP contribution in [-0.4, -0.2) is 17.4 Å². The predicted octanol–water partition coefficient (Wildman–Crippen LogP) is 0.807. The molecule has 0 saturated heterocycles. The molecule has 2 aliphatic rings. The molecule has 0 fully saturated rings. The van der Waals surface area contributed by atoms with Crippen LogP contribution >= 0.6 is 0 Å². The molecule has 0 radical (unpaired) electrons. The molecule has 0 bridgehead atoms. The van der Waals surface area contributed by atoms with Gasteiger partial charge in [-0.3, -0.25) is 5.01 Å². The van der Waals surface area contributed by atoms with Crippen LogP contribution in [0.2, 0.25) is 0 Å². The molecule has 58 valence electrons. The highest BCUT2D eigenvalue weighted by molar-refractivity contribution is 5.62. The molecule has 0 spiro atoms. The highest BCUT2D eigenvalue weighted by Gasteiger charge is 2.24. The lowest BCUT2D eigenvalue weighted by Gasteiger charge is -2.21. The molecular weight excluding hydrogens is 138 g/mol. The molecule has 0 saturated carbocycles. The van der Waals surface area contributed by atoms with E-state index in [1.807, 2.05) is 6.08 Å². The fourth-order valence-corrected chi connectivity index (χ4v) is 1.42. The third kappa shape index (κ3) is 0.973. The lowest BCUT2D eigenvalue weighted by Crippen LogP contribution is -2.37. The molecule has 0 amide bonds. The molecule has 1 aliphatic carbocycles. The molecule has 0 aromatic heterocycles. The molecule has 1 heterocycles. The maximum Gasteiger partial charge on any atom is 0.106 e. The largest absolute Gasteiger partial charge is 0.291 e. The zero-order chi connectivity index (χ0) is 7.84. The van der Waals surface area contributed by atoms with E-state index < -0.39 is 0 Å². The van der Waals surface area contributed by atoms with Crippen LogP contribution in [0.5, 0.6) is 0 Å². The molecule has 2 rings (SSSR count). The van der Waals surface area contributed by atoms with Gasteiger partial charge in [0.15, 0.2) is 0 Å². The predicted molar refractivity (Wildman–Crippen MR) is 44.8 cm³/mol. The minimum atomic E-state index is 0.292. The summed E-state index contributed by atoms with van der Waals surface area (Å²) in [7, 11) is 0. The van der Waals surface area contributed by atoms with E-state index in [9.17, 15) is 0 Å². The number of nitrogens with zero attached hydrogens (tertiary/aromatic N) is 2. The van der Waals surface area contributed by atoms with Crippen molar-refractivity contribution in [2.75, 3.05) is 0 Å². The number of nitrogens with two attached hydrogens (primary N) is 1. The standard InChI is InChI=1S/C8H11N3/c1-6-2-3-7-8(4-6)11(9)5-10-7/h2-3,5,8H,4,9H2,1H3. The fourth-order valence-electron chi connectivity index (χ4n) is 1.42. The molecule has 3 nitrogen and oxygen atoms in total. The minimum Gasteiger partial charge on any atom is -0.291 e. The first kappa shape index (κ1) is 6.61. The molecule has 1 aliphatic heterocycles. The fraction of sp³-hybridized carbons (Fsp3) is 0.375. The second kappa shape index (κ2) is 2.20. The summed E-state index contributed by atoms with van der Waals surface area (Å²) >= 11 is 0. The zero-order valence-corrected chi connectivity index (χ0v) is 6.49. The summed E-state index contributed by atoms with van der Waals surface area (Å²) < 4.78 is 0. The summed E-state index contributed by atoms with van der Waals surface area (Å²) in [5, 5.41) is 1.67. The van der Waals surface area contributed by atoms with Gasteiger partial charge < -0.3 is 0 Å². The maximum absolute atomic E-state index is 5.67. The van der Waals surface area contributed by atoms with E-state index in [0.717, 1.165) is 12.1 Å². The van der Waals surface area contributed by atoms with E-state index in [4.69, 9.17) is 5.84 Å². The van der Waals surface area contributed by atoms with Crippen molar-refractivity contribution >= 4 is 6.34 Å². The van der Waals surface area contributed by atoms with Crippen molar-refractivity contribution in [2.24, 2.45) is 10.8 Å². The molecule has 11 heavy (non-hydrogen) atoms. The Bertz CT molecular complexity index is 263. The zero-order valence-electron chi connectivity index (χ0n) is 6.49. The van der Waals surface area contributed by atoms with Gasteiger partial charge in [-0.15, -0.1) is 0 Å². The van der Waals surface area contributed by atoms with Gasteiger partial charge in [0.05, 0.1) is 11.7 Å². The Balaban J connectivity index is 2.30. The van der Waals surface area contributed by atoms with Gasteiger partial charge >= 0.3 is 0 Å².